The van der Waals surface area contributed by atoms with Gasteiger partial charge in [0.25, 0.3) is 0 Å². The van der Waals surface area contributed by atoms with Crippen LogP contribution in [-0.2, 0) is 10.5 Å². The summed E-state index contributed by atoms with van der Waals surface area (Å²) < 4.78 is 6.78. The van der Waals surface area contributed by atoms with Crippen LogP contribution in [0.4, 0.5) is 4.79 Å². The largest absolute Gasteiger partial charge is 0.465 e. The van der Waals surface area contributed by atoms with Crippen molar-refractivity contribution in [3.63, 3.8) is 0 Å². The molecule has 1 aromatic carbocycles. The lowest BCUT2D eigenvalue weighted by molar-refractivity contribution is -0.145. The second kappa shape index (κ2) is 7.26. The summed E-state index contributed by atoms with van der Waals surface area (Å²) in [6.45, 7) is 5.77. The summed E-state index contributed by atoms with van der Waals surface area (Å²) in [4.78, 5) is 13.2. The van der Waals surface area contributed by atoms with E-state index in [9.17, 15) is 9.90 Å². The van der Waals surface area contributed by atoms with Crippen molar-refractivity contribution in [3.8, 4) is 0 Å². The van der Waals surface area contributed by atoms with Gasteiger partial charge in [-0.05, 0) is 48.9 Å². The van der Waals surface area contributed by atoms with E-state index in [1.165, 1.54) is 4.90 Å². The van der Waals surface area contributed by atoms with Crippen LogP contribution in [0.1, 0.15) is 39.2 Å². The highest BCUT2D eigenvalue weighted by molar-refractivity contribution is 14.1. The van der Waals surface area contributed by atoms with E-state index in [4.69, 9.17) is 4.74 Å². The summed E-state index contributed by atoms with van der Waals surface area (Å²) in [6.07, 6.45) is 0.485. The highest BCUT2D eigenvalue weighted by Gasteiger charge is 2.43. The first-order valence-electron chi connectivity index (χ1n) is 6.73. The van der Waals surface area contributed by atoms with Crippen molar-refractivity contribution >= 4 is 28.7 Å². The summed E-state index contributed by atoms with van der Waals surface area (Å²) in [5.41, 5.74) is -0.0342. The van der Waals surface area contributed by atoms with Gasteiger partial charge >= 0.3 is 6.09 Å². The van der Waals surface area contributed by atoms with E-state index >= 15 is 0 Å². The van der Waals surface area contributed by atoms with Crippen LogP contribution in [0.25, 0.3) is 0 Å². The molecular formula is C15H22INO3. The summed E-state index contributed by atoms with van der Waals surface area (Å²) >= 11 is 2.23. The van der Waals surface area contributed by atoms with Crippen molar-refractivity contribution in [2.75, 3.05) is 7.11 Å². The van der Waals surface area contributed by atoms with Crippen LogP contribution < -0.4 is 0 Å². The Hall–Kier alpha value is -0.820. The molecule has 1 rings (SSSR count). The minimum atomic E-state index is -0.963. The molecule has 0 bridgehead atoms. The van der Waals surface area contributed by atoms with Crippen LogP contribution in [0, 0.1) is 3.57 Å². The third-order valence-corrected chi connectivity index (χ3v) is 4.27. The Labute approximate surface area is 134 Å². The second-order valence-electron chi connectivity index (χ2n) is 4.96. The van der Waals surface area contributed by atoms with Crippen LogP contribution in [0.2, 0.25) is 0 Å². The molecule has 1 atom stereocenters. The first-order chi connectivity index (χ1) is 9.40. The van der Waals surface area contributed by atoms with Crippen molar-refractivity contribution in [2.45, 2.75) is 45.4 Å². The molecule has 1 amide bonds. The molecule has 112 valence electrons. The lowest BCUT2D eigenvalue weighted by Crippen LogP contribution is -2.54. The molecule has 0 aliphatic rings. The number of hydrogen-bond acceptors (Lipinski definition) is 2. The molecule has 0 aliphatic carbocycles. The van der Waals surface area contributed by atoms with Gasteiger partial charge in [0.2, 0.25) is 0 Å². The van der Waals surface area contributed by atoms with Crippen LogP contribution in [0.15, 0.2) is 24.3 Å². The fourth-order valence-corrected chi connectivity index (χ4v) is 3.41. The zero-order chi connectivity index (χ0) is 15.3. The molecule has 4 nitrogen and oxygen atoms in total. The minimum Gasteiger partial charge on any atom is -0.465 e. The predicted molar refractivity (Wildman–Crippen MR) is 87.8 cm³/mol. The number of carboxylic acid groups (broad SMARTS) is 1. The van der Waals surface area contributed by atoms with Gasteiger partial charge in [0.1, 0.15) is 0 Å². The number of rotatable bonds is 6. The van der Waals surface area contributed by atoms with Crippen molar-refractivity contribution in [2.24, 2.45) is 0 Å². The molecule has 0 aromatic heterocycles. The van der Waals surface area contributed by atoms with Crippen LogP contribution in [0.5, 0.6) is 0 Å². The first-order valence-corrected chi connectivity index (χ1v) is 7.81. The highest BCUT2D eigenvalue weighted by Crippen LogP contribution is 2.38. The number of nitrogens with zero attached hydrogens (tertiary/aromatic N) is 1. The molecule has 0 unspecified atom stereocenters. The molecule has 0 spiro atoms. The Kier molecular flexibility index (Phi) is 6.26. The lowest BCUT2D eigenvalue weighted by Gasteiger charge is -2.44. The summed E-state index contributed by atoms with van der Waals surface area (Å²) in [7, 11) is 1.58. The van der Waals surface area contributed by atoms with Crippen LogP contribution >= 0.6 is 22.6 Å². The van der Waals surface area contributed by atoms with E-state index in [0.29, 0.717) is 6.42 Å². The fourth-order valence-electron chi connectivity index (χ4n) is 2.60. The van der Waals surface area contributed by atoms with Crippen molar-refractivity contribution in [3.05, 3.63) is 33.4 Å². The van der Waals surface area contributed by atoms with Gasteiger partial charge in [-0.15, -0.1) is 0 Å². The Morgan fingerprint density at radius 3 is 2.45 bits per heavy atom. The molecule has 1 aromatic rings. The van der Waals surface area contributed by atoms with Gasteiger partial charge in [-0.25, -0.2) is 4.79 Å². The Morgan fingerprint density at radius 2 is 2.05 bits per heavy atom. The SMILES string of the molecule is CCC[C@@](OC)(c1ccccc1I)N(C(=O)O)C(C)C. The average molecular weight is 391 g/mol. The standard InChI is InChI=1S/C15H22INO3/c1-5-10-15(20-4,17(11(2)3)14(18)19)12-8-6-7-9-13(12)16/h6-9,11H,5,10H2,1-4H3,(H,18,19)/t15-/m1/s1. The average Bonchev–Trinajstić information content (AvgIpc) is 2.37. The van der Waals surface area contributed by atoms with Crippen LogP contribution in [-0.4, -0.2) is 29.3 Å². The second-order valence-corrected chi connectivity index (χ2v) is 6.13. The third kappa shape index (κ3) is 3.25. The lowest BCUT2D eigenvalue weighted by atomic mass is 9.94. The molecule has 0 aliphatic heterocycles. The van der Waals surface area contributed by atoms with Crippen molar-refractivity contribution in [1.29, 1.82) is 0 Å². The smallest absolute Gasteiger partial charge is 0.410 e. The summed E-state index contributed by atoms with van der Waals surface area (Å²) in [6, 6.07) is 7.60. The van der Waals surface area contributed by atoms with Crippen LogP contribution in [0.3, 0.4) is 0 Å². The maximum absolute atomic E-state index is 11.7. The number of ether oxygens (including phenoxy) is 1. The molecule has 0 saturated heterocycles. The van der Waals surface area contributed by atoms with Gasteiger partial charge in [-0.2, -0.15) is 0 Å². The van der Waals surface area contributed by atoms with Gasteiger partial charge in [-0.1, -0.05) is 31.5 Å². The van der Waals surface area contributed by atoms with Gasteiger partial charge in [0, 0.05) is 22.3 Å². The quantitative estimate of drug-likeness (QED) is 0.582. The van der Waals surface area contributed by atoms with E-state index in [2.05, 4.69) is 22.6 Å². The topological polar surface area (TPSA) is 49.8 Å². The van der Waals surface area contributed by atoms with E-state index in [0.717, 1.165) is 15.6 Å². The van der Waals surface area contributed by atoms with E-state index < -0.39 is 11.8 Å². The first kappa shape index (κ1) is 17.2. The number of amides is 1. The monoisotopic (exact) mass is 391 g/mol. The van der Waals surface area contributed by atoms with Gasteiger partial charge < -0.3 is 9.84 Å². The molecule has 0 fully saturated rings. The Balaban J connectivity index is 3.49. The van der Waals surface area contributed by atoms with Gasteiger partial charge in [-0.3, -0.25) is 4.90 Å². The molecule has 20 heavy (non-hydrogen) atoms. The normalized spacial score (nSPS) is 14.1. The molecule has 0 heterocycles. The summed E-state index contributed by atoms with van der Waals surface area (Å²) in [5.74, 6) is 0. The maximum Gasteiger partial charge on any atom is 0.410 e. The van der Waals surface area contributed by atoms with Gasteiger partial charge in [0.15, 0.2) is 5.72 Å². The number of benzene rings is 1. The van der Waals surface area contributed by atoms with E-state index in [1.54, 1.807) is 7.11 Å². The van der Waals surface area contributed by atoms with E-state index in [-0.39, 0.29) is 6.04 Å². The van der Waals surface area contributed by atoms with Gasteiger partial charge in [0.05, 0.1) is 0 Å². The van der Waals surface area contributed by atoms with Crippen molar-refractivity contribution < 1.29 is 14.6 Å². The molecule has 0 saturated carbocycles. The predicted octanol–water partition coefficient (Wildman–Crippen LogP) is 4.28. The summed E-state index contributed by atoms with van der Waals surface area (Å²) in [5, 5.41) is 9.63. The molecule has 1 N–H and O–H groups in total. The van der Waals surface area contributed by atoms with E-state index in [1.807, 2.05) is 45.0 Å². The molecule has 5 heteroatoms. The number of carbonyl (C=O) groups is 1. The Morgan fingerprint density at radius 1 is 1.45 bits per heavy atom. The highest BCUT2D eigenvalue weighted by atomic mass is 127. The molecular weight excluding hydrogens is 369 g/mol. The number of hydrogen-bond donors (Lipinski definition) is 1. The number of methoxy groups -OCH3 is 1. The maximum atomic E-state index is 11.7. The zero-order valence-corrected chi connectivity index (χ0v) is 14.5. The number of halogens is 1. The Bertz CT molecular complexity index is 464. The third-order valence-electron chi connectivity index (χ3n) is 3.33. The fraction of sp³-hybridized carbons (Fsp3) is 0.533. The zero-order valence-electron chi connectivity index (χ0n) is 12.4. The minimum absolute atomic E-state index is 0.171. The van der Waals surface area contributed by atoms with Crippen molar-refractivity contribution in [1.82, 2.24) is 4.90 Å². The molecule has 0 radical (unpaired) electrons.